The van der Waals surface area contributed by atoms with Crippen molar-refractivity contribution in [3.63, 3.8) is 0 Å². The molecule has 0 radical (unpaired) electrons. The quantitative estimate of drug-likeness (QED) is 0.342. The summed E-state index contributed by atoms with van der Waals surface area (Å²) in [6.07, 6.45) is 11.4. The minimum Gasteiger partial charge on any atom is -0.409 e. The molecule has 2 aliphatic rings. The highest BCUT2D eigenvalue weighted by Gasteiger charge is 2.26. The molecule has 2 fully saturated rings. The fourth-order valence-electron chi connectivity index (χ4n) is 3.50. The maximum atomic E-state index is 8.48. The molecule has 0 aromatic carbocycles. The van der Waals surface area contributed by atoms with Gasteiger partial charge in [0.2, 0.25) is 0 Å². The number of hydrogen-bond donors (Lipinski definition) is 2. The smallest absolute Gasteiger partial charge is 0.139 e. The van der Waals surface area contributed by atoms with Crippen molar-refractivity contribution in [2.45, 2.75) is 63.8 Å². The van der Waals surface area contributed by atoms with E-state index in [2.05, 4.69) is 10.1 Å². The third-order valence-electron chi connectivity index (χ3n) is 4.66. The van der Waals surface area contributed by atoms with Gasteiger partial charge in [0.25, 0.3) is 0 Å². The van der Waals surface area contributed by atoms with Crippen molar-refractivity contribution < 1.29 is 5.21 Å². The summed E-state index contributed by atoms with van der Waals surface area (Å²) in [6.45, 7) is 2.58. The molecule has 1 heterocycles. The summed E-state index contributed by atoms with van der Waals surface area (Å²) < 4.78 is 0. The van der Waals surface area contributed by atoms with Crippen molar-refractivity contribution in [2.24, 2.45) is 16.8 Å². The number of nitrogens with zero attached hydrogens (tertiary/aromatic N) is 2. The molecule has 0 amide bonds. The first-order chi connectivity index (χ1) is 8.79. The molecule has 1 aliphatic heterocycles. The zero-order valence-electron chi connectivity index (χ0n) is 11.4. The SMILES string of the molecule is N/C(CCCC1CCN(C2CCCC2)CC1)=N\O. The minimum atomic E-state index is 0.374. The Bertz CT molecular complexity index is 266. The molecule has 2 rings (SSSR count). The van der Waals surface area contributed by atoms with Crippen LogP contribution in [0, 0.1) is 5.92 Å². The fourth-order valence-corrected chi connectivity index (χ4v) is 3.50. The zero-order valence-corrected chi connectivity index (χ0v) is 11.4. The van der Waals surface area contributed by atoms with Gasteiger partial charge in [0, 0.05) is 12.5 Å². The van der Waals surface area contributed by atoms with E-state index < -0.39 is 0 Å². The van der Waals surface area contributed by atoms with Crippen LogP contribution in [0.3, 0.4) is 0 Å². The Hall–Kier alpha value is -0.770. The average molecular weight is 253 g/mol. The van der Waals surface area contributed by atoms with Crippen LogP contribution in [0.4, 0.5) is 0 Å². The Balaban J connectivity index is 1.61. The van der Waals surface area contributed by atoms with Gasteiger partial charge in [0.1, 0.15) is 5.84 Å². The molecule has 3 N–H and O–H groups in total. The Morgan fingerprint density at radius 2 is 1.83 bits per heavy atom. The molecule has 0 atom stereocenters. The molecule has 1 saturated carbocycles. The van der Waals surface area contributed by atoms with Crippen LogP contribution >= 0.6 is 0 Å². The van der Waals surface area contributed by atoms with Gasteiger partial charge in [-0.25, -0.2) is 0 Å². The Labute approximate surface area is 110 Å². The number of likely N-dealkylation sites (tertiary alicyclic amines) is 1. The lowest BCUT2D eigenvalue weighted by molar-refractivity contribution is 0.130. The second-order valence-electron chi connectivity index (χ2n) is 5.90. The third-order valence-corrected chi connectivity index (χ3v) is 4.66. The van der Waals surface area contributed by atoms with Gasteiger partial charge < -0.3 is 15.8 Å². The maximum absolute atomic E-state index is 8.48. The standard InChI is InChI=1S/C14H27N3O/c15-14(16-18)7-3-4-12-8-10-17(11-9-12)13-5-1-2-6-13/h12-13,18H,1-11H2,(H2,15,16). The van der Waals surface area contributed by atoms with Crippen LogP contribution in [0.5, 0.6) is 0 Å². The first kappa shape index (κ1) is 13.7. The summed E-state index contributed by atoms with van der Waals surface area (Å²) in [5, 5.41) is 11.5. The van der Waals surface area contributed by atoms with Crippen molar-refractivity contribution >= 4 is 5.84 Å². The molecule has 4 nitrogen and oxygen atoms in total. The molecule has 1 aliphatic carbocycles. The van der Waals surface area contributed by atoms with E-state index in [-0.39, 0.29) is 0 Å². The summed E-state index contributed by atoms with van der Waals surface area (Å²) in [5.41, 5.74) is 5.49. The van der Waals surface area contributed by atoms with Crippen LogP contribution in [0.1, 0.15) is 57.8 Å². The van der Waals surface area contributed by atoms with E-state index in [0.717, 1.165) is 24.8 Å². The van der Waals surface area contributed by atoms with E-state index in [1.165, 1.54) is 58.0 Å². The molecule has 18 heavy (non-hydrogen) atoms. The van der Waals surface area contributed by atoms with Crippen molar-refractivity contribution in [2.75, 3.05) is 13.1 Å². The average Bonchev–Trinajstić information content (AvgIpc) is 2.93. The minimum absolute atomic E-state index is 0.374. The van der Waals surface area contributed by atoms with Gasteiger partial charge in [0.15, 0.2) is 0 Å². The van der Waals surface area contributed by atoms with Gasteiger partial charge in [0.05, 0.1) is 0 Å². The van der Waals surface area contributed by atoms with E-state index in [1.807, 2.05) is 0 Å². The van der Waals surface area contributed by atoms with Crippen LogP contribution in [0.25, 0.3) is 0 Å². The fraction of sp³-hybridized carbons (Fsp3) is 0.929. The molecule has 1 saturated heterocycles. The second kappa shape index (κ2) is 6.98. The van der Waals surface area contributed by atoms with Gasteiger partial charge >= 0.3 is 0 Å². The third kappa shape index (κ3) is 3.87. The highest BCUT2D eigenvalue weighted by Crippen LogP contribution is 2.29. The van der Waals surface area contributed by atoms with Crippen LogP contribution in [-0.2, 0) is 0 Å². The van der Waals surface area contributed by atoms with E-state index >= 15 is 0 Å². The number of amidine groups is 1. The molecule has 4 heteroatoms. The second-order valence-corrected chi connectivity index (χ2v) is 5.90. The Morgan fingerprint density at radius 1 is 1.17 bits per heavy atom. The van der Waals surface area contributed by atoms with E-state index in [0.29, 0.717) is 5.84 Å². The van der Waals surface area contributed by atoms with Crippen molar-refractivity contribution in [1.82, 2.24) is 4.90 Å². The molecular weight excluding hydrogens is 226 g/mol. The normalized spacial score (nSPS) is 24.8. The van der Waals surface area contributed by atoms with Crippen LogP contribution in [0.2, 0.25) is 0 Å². The summed E-state index contributed by atoms with van der Waals surface area (Å²) in [7, 11) is 0. The molecule has 0 spiro atoms. The first-order valence-electron chi connectivity index (χ1n) is 7.50. The predicted molar refractivity (Wildman–Crippen MR) is 73.8 cm³/mol. The monoisotopic (exact) mass is 253 g/mol. The van der Waals surface area contributed by atoms with E-state index in [4.69, 9.17) is 10.9 Å². The number of nitrogens with two attached hydrogens (primary N) is 1. The summed E-state index contributed by atoms with van der Waals surface area (Å²) in [6, 6.07) is 0.892. The lowest BCUT2D eigenvalue weighted by atomic mass is 9.90. The van der Waals surface area contributed by atoms with E-state index in [1.54, 1.807) is 0 Å². The van der Waals surface area contributed by atoms with Gasteiger partial charge in [-0.15, -0.1) is 0 Å². The van der Waals surface area contributed by atoms with Gasteiger partial charge in [-0.05, 0) is 57.5 Å². The van der Waals surface area contributed by atoms with Gasteiger partial charge in [-0.1, -0.05) is 18.0 Å². The number of rotatable bonds is 5. The number of oxime groups is 1. The lowest BCUT2D eigenvalue weighted by Crippen LogP contribution is -2.40. The van der Waals surface area contributed by atoms with Crippen LogP contribution < -0.4 is 5.73 Å². The van der Waals surface area contributed by atoms with Crippen LogP contribution in [-0.4, -0.2) is 35.1 Å². The zero-order chi connectivity index (χ0) is 12.8. The van der Waals surface area contributed by atoms with E-state index in [9.17, 15) is 0 Å². The maximum Gasteiger partial charge on any atom is 0.139 e. The summed E-state index contributed by atoms with van der Waals surface area (Å²) >= 11 is 0. The largest absolute Gasteiger partial charge is 0.409 e. The summed E-state index contributed by atoms with van der Waals surface area (Å²) in [5.74, 6) is 1.23. The van der Waals surface area contributed by atoms with Crippen molar-refractivity contribution in [3.05, 3.63) is 0 Å². The topological polar surface area (TPSA) is 61.8 Å². The van der Waals surface area contributed by atoms with Gasteiger partial charge in [-0.3, -0.25) is 0 Å². The first-order valence-corrected chi connectivity index (χ1v) is 7.50. The highest BCUT2D eigenvalue weighted by atomic mass is 16.4. The number of piperidine rings is 1. The summed E-state index contributed by atoms with van der Waals surface area (Å²) in [4.78, 5) is 2.72. The highest BCUT2D eigenvalue weighted by molar-refractivity contribution is 5.79. The van der Waals surface area contributed by atoms with Crippen LogP contribution in [0.15, 0.2) is 5.16 Å². The number of hydrogen-bond acceptors (Lipinski definition) is 3. The lowest BCUT2D eigenvalue weighted by Gasteiger charge is -2.36. The molecular formula is C14H27N3O. The molecule has 0 aromatic rings. The Kier molecular flexibility index (Phi) is 5.29. The Morgan fingerprint density at radius 3 is 2.44 bits per heavy atom. The molecule has 104 valence electrons. The van der Waals surface area contributed by atoms with Crippen molar-refractivity contribution in [1.29, 1.82) is 0 Å². The molecule has 0 aromatic heterocycles. The van der Waals surface area contributed by atoms with Gasteiger partial charge in [-0.2, -0.15) is 0 Å². The van der Waals surface area contributed by atoms with Crippen molar-refractivity contribution in [3.8, 4) is 0 Å². The molecule has 0 bridgehead atoms. The molecule has 0 unspecified atom stereocenters. The predicted octanol–water partition coefficient (Wildman–Crippen LogP) is 2.56.